The van der Waals surface area contributed by atoms with Gasteiger partial charge in [0.25, 0.3) is 0 Å². The zero-order valence-electron chi connectivity index (χ0n) is 22.8. The van der Waals surface area contributed by atoms with Crippen LogP contribution in [0.5, 0.6) is 0 Å². The van der Waals surface area contributed by atoms with E-state index in [9.17, 15) is 9.59 Å². The Hall–Kier alpha value is -1.92. The first-order valence-electron chi connectivity index (χ1n) is 14.4. The van der Waals surface area contributed by atoms with Gasteiger partial charge in [0, 0.05) is 38.1 Å². The molecule has 3 aliphatic rings. The normalized spacial score (nSPS) is 26.9. The molecule has 200 valence electrons. The Kier molecular flexibility index (Phi) is 9.46. The van der Waals surface area contributed by atoms with Crippen LogP contribution in [0, 0.1) is 30.6 Å². The third-order valence-electron chi connectivity index (χ3n) is 8.63. The minimum atomic E-state index is -0.364. The van der Waals surface area contributed by atoms with E-state index in [-0.39, 0.29) is 23.8 Å². The predicted molar refractivity (Wildman–Crippen MR) is 145 cm³/mol. The monoisotopic (exact) mass is 496 g/mol. The lowest BCUT2D eigenvalue weighted by Crippen LogP contribution is -2.58. The number of piperidine rings is 1. The molecule has 1 aromatic rings. The number of nitrogens with two attached hydrogens (primary N) is 1. The Morgan fingerprint density at radius 3 is 2.53 bits per heavy atom. The maximum absolute atomic E-state index is 13.6. The van der Waals surface area contributed by atoms with E-state index in [0.717, 1.165) is 58.2 Å². The largest absolute Gasteiger partial charge is 0.354 e. The van der Waals surface area contributed by atoms with Gasteiger partial charge in [0.05, 0.1) is 0 Å². The summed E-state index contributed by atoms with van der Waals surface area (Å²) >= 11 is 0. The second-order valence-corrected chi connectivity index (χ2v) is 12.1. The number of carbonyl (C=O) groups excluding carboxylic acids is 2. The molecule has 2 saturated carbocycles. The van der Waals surface area contributed by atoms with Crippen molar-refractivity contribution in [3.05, 3.63) is 35.4 Å². The van der Waals surface area contributed by atoms with Crippen molar-refractivity contribution >= 4 is 11.8 Å². The van der Waals surface area contributed by atoms with E-state index in [1.165, 1.54) is 24.0 Å². The van der Waals surface area contributed by atoms with E-state index in [4.69, 9.17) is 5.73 Å². The van der Waals surface area contributed by atoms with Gasteiger partial charge in [0.1, 0.15) is 6.04 Å². The molecule has 1 aromatic carbocycles. The first-order chi connectivity index (χ1) is 17.4. The molecule has 0 radical (unpaired) electrons. The van der Waals surface area contributed by atoms with Crippen LogP contribution in [-0.2, 0) is 16.1 Å². The second kappa shape index (κ2) is 12.6. The van der Waals surface area contributed by atoms with Crippen LogP contribution in [0.25, 0.3) is 0 Å². The molecule has 1 saturated heterocycles. The lowest BCUT2D eigenvalue weighted by atomic mass is 9.81. The second-order valence-electron chi connectivity index (χ2n) is 12.1. The van der Waals surface area contributed by atoms with Crippen LogP contribution in [0.3, 0.4) is 0 Å². The molecule has 1 aliphatic heterocycles. The van der Waals surface area contributed by atoms with Gasteiger partial charge in [-0.3, -0.25) is 14.5 Å². The molecule has 3 N–H and O–H groups in total. The molecule has 0 bridgehead atoms. The summed E-state index contributed by atoms with van der Waals surface area (Å²) in [4.78, 5) is 31.3. The number of nitrogens with zero attached hydrogens (tertiary/aromatic N) is 2. The van der Waals surface area contributed by atoms with Crippen LogP contribution in [0.2, 0.25) is 0 Å². The van der Waals surface area contributed by atoms with Crippen LogP contribution in [-0.4, -0.2) is 59.9 Å². The number of benzene rings is 1. The summed E-state index contributed by atoms with van der Waals surface area (Å²) in [7, 11) is 0. The van der Waals surface area contributed by atoms with E-state index < -0.39 is 0 Å². The van der Waals surface area contributed by atoms with Crippen LogP contribution in [0.15, 0.2) is 24.3 Å². The first kappa shape index (κ1) is 27.1. The summed E-state index contributed by atoms with van der Waals surface area (Å²) in [5, 5.41) is 3.28. The van der Waals surface area contributed by atoms with Gasteiger partial charge in [0.15, 0.2) is 0 Å². The summed E-state index contributed by atoms with van der Waals surface area (Å²) < 4.78 is 0. The zero-order valence-corrected chi connectivity index (χ0v) is 22.8. The number of aryl methyl sites for hydroxylation is 1. The summed E-state index contributed by atoms with van der Waals surface area (Å²) in [5.74, 6) is 2.00. The van der Waals surface area contributed by atoms with Crippen molar-refractivity contribution in [3.63, 3.8) is 0 Å². The Labute approximate surface area is 218 Å². The summed E-state index contributed by atoms with van der Waals surface area (Å²) in [6, 6.07) is 8.53. The lowest BCUT2D eigenvalue weighted by molar-refractivity contribution is -0.145. The smallest absolute Gasteiger partial charge is 0.242 e. The van der Waals surface area contributed by atoms with Crippen molar-refractivity contribution in [2.24, 2.45) is 29.4 Å². The molecule has 0 aromatic heterocycles. The molecule has 4 rings (SSSR count). The molecule has 4 atom stereocenters. The van der Waals surface area contributed by atoms with Crippen LogP contribution >= 0.6 is 0 Å². The average Bonchev–Trinajstić information content (AvgIpc) is 3.73. The molecule has 36 heavy (non-hydrogen) atoms. The number of hydrogen-bond acceptors (Lipinski definition) is 4. The van der Waals surface area contributed by atoms with Crippen LogP contribution in [0.1, 0.15) is 76.3 Å². The number of carbonyl (C=O) groups is 2. The lowest BCUT2D eigenvalue weighted by Gasteiger charge is -2.43. The fraction of sp³-hybridized carbons (Fsp3) is 0.733. The molecular weight excluding hydrogens is 448 g/mol. The third kappa shape index (κ3) is 7.10. The molecule has 3 fully saturated rings. The van der Waals surface area contributed by atoms with Crippen molar-refractivity contribution in [2.45, 2.75) is 90.8 Å². The topological polar surface area (TPSA) is 78.7 Å². The molecule has 2 amide bonds. The summed E-state index contributed by atoms with van der Waals surface area (Å²) in [5.41, 5.74) is 8.59. The quantitative estimate of drug-likeness (QED) is 0.511. The summed E-state index contributed by atoms with van der Waals surface area (Å²) in [6.45, 7) is 10.7. The van der Waals surface area contributed by atoms with Gasteiger partial charge in [-0.2, -0.15) is 0 Å². The first-order valence-corrected chi connectivity index (χ1v) is 14.4. The number of nitrogens with one attached hydrogen (secondary N) is 1. The number of hydrogen-bond donors (Lipinski definition) is 2. The molecular formula is C30H48N4O2. The highest BCUT2D eigenvalue weighted by Crippen LogP contribution is 2.35. The Balaban J connectivity index is 1.46. The van der Waals surface area contributed by atoms with Gasteiger partial charge in [0.2, 0.25) is 11.8 Å². The van der Waals surface area contributed by atoms with Gasteiger partial charge < -0.3 is 16.0 Å². The molecule has 1 heterocycles. The van der Waals surface area contributed by atoms with E-state index in [0.29, 0.717) is 36.9 Å². The Morgan fingerprint density at radius 1 is 1.08 bits per heavy atom. The van der Waals surface area contributed by atoms with E-state index in [2.05, 4.69) is 55.3 Å². The summed E-state index contributed by atoms with van der Waals surface area (Å²) in [6.07, 6.45) is 8.27. The fourth-order valence-corrected chi connectivity index (χ4v) is 6.34. The Morgan fingerprint density at radius 2 is 1.83 bits per heavy atom. The maximum Gasteiger partial charge on any atom is 0.242 e. The van der Waals surface area contributed by atoms with E-state index in [1.54, 1.807) is 0 Å². The number of likely N-dealkylation sites (tertiary alicyclic amines) is 1. The molecule has 6 heteroatoms. The molecule has 3 unspecified atom stereocenters. The highest BCUT2D eigenvalue weighted by atomic mass is 16.2. The van der Waals surface area contributed by atoms with E-state index in [1.807, 2.05) is 4.90 Å². The molecule has 2 aliphatic carbocycles. The SMILES string of the molecule is Cc1ccccc1CN(CC(C)C)C1CCN(C(=O)C2CC2)[C@@H](C(=O)NCC2CCCC(CN)C2)C1. The van der Waals surface area contributed by atoms with Gasteiger partial charge in [-0.25, -0.2) is 0 Å². The Bertz CT molecular complexity index is 883. The van der Waals surface area contributed by atoms with Crippen molar-refractivity contribution in [3.8, 4) is 0 Å². The predicted octanol–water partition coefficient (Wildman–Crippen LogP) is 4.10. The minimum Gasteiger partial charge on any atom is -0.354 e. The van der Waals surface area contributed by atoms with E-state index >= 15 is 0 Å². The highest BCUT2D eigenvalue weighted by Gasteiger charge is 2.43. The number of rotatable bonds is 10. The van der Waals surface area contributed by atoms with Gasteiger partial charge in [-0.1, -0.05) is 44.5 Å². The molecule has 6 nitrogen and oxygen atoms in total. The zero-order chi connectivity index (χ0) is 25.7. The van der Waals surface area contributed by atoms with Gasteiger partial charge >= 0.3 is 0 Å². The minimum absolute atomic E-state index is 0.0453. The highest BCUT2D eigenvalue weighted by molar-refractivity contribution is 5.89. The van der Waals surface area contributed by atoms with Crippen molar-refractivity contribution in [1.82, 2.24) is 15.1 Å². The van der Waals surface area contributed by atoms with Gasteiger partial charge in [-0.05, 0) is 87.3 Å². The maximum atomic E-state index is 13.6. The standard InChI is InChI=1S/C30H48N4O2/c1-21(2)19-33(20-26-10-5-4-7-22(26)3)27-13-14-34(30(36)25-11-12-25)28(16-27)29(35)32-18-24-9-6-8-23(15-24)17-31/h4-5,7,10,21,23-25,27-28H,6,8-9,11-20,31H2,1-3H3,(H,32,35)/t23?,24?,27?,28-/m1/s1. The van der Waals surface area contributed by atoms with Crippen molar-refractivity contribution in [1.29, 1.82) is 0 Å². The number of amides is 2. The van der Waals surface area contributed by atoms with Crippen LogP contribution in [0.4, 0.5) is 0 Å². The van der Waals surface area contributed by atoms with Crippen LogP contribution < -0.4 is 11.1 Å². The average molecular weight is 497 g/mol. The van der Waals surface area contributed by atoms with Crippen molar-refractivity contribution in [2.75, 3.05) is 26.2 Å². The van der Waals surface area contributed by atoms with Gasteiger partial charge in [-0.15, -0.1) is 0 Å². The fourth-order valence-electron chi connectivity index (χ4n) is 6.34. The molecule has 0 spiro atoms. The third-order valence-corrected chi connectivity index (χ3v) is 8.63. The van der Waals surface area contributed by atoms with Crippen molar-refractivity contribution < 1.29 is 9.59 Å².